The largest absolute Gasteiger partial charge is 0.486 e. The van der Waals surface area contributed by atoms with Crippen molar-refractivity contribution < 1.29 is 9.13 Å². The van der Waals surface area contributed by atoms with Gasteiger partial charge < -0.3 is 4.74 Å². The van der Waals surface area contributed by atoms with Crippen LogP contribution in [0.25, 0.3) is 0 Å². The zero-order chi connectivity index (χ0) is 13.0. The van der Waals surface area contributed by atoms with Crippen LogP contribution in [0.2, 0.25) is 0 Å². The van der Waals surface area contributed by atoms with Gasteiger partial charge in [-0.05, 0) is 35.7 Å². The number of hydrogen-bond donors (Lipinski definition) is 0. The molecule has 94 valence electrons. The number of benzene rings is 2. The Hall–Kier alpha value is -1.35. The Kier molecular flexibility index (Phi) is 4.37. The molecule has 2 rings (SSSR count). The number of rotatable bonds is 4. The Labute approximate surface area is 115 Å². The van der Waals surface area contributed by atoms with Crippen molar-refractivity contribution in [2.24, 2.45) is 0 Å². The number of alkyl halides is 1. The number of hydrogen-bond acceptors (Lipinski definition) is 1. The third kappa shape index (κ3) is 3.10. The molecule has 0 aromatic heterocycles. The highest BCUT2D eigenvalue weighted by atomic mass is 79.9. The van der Waals surface area contributed by atoms with Gasteiger partial charge in [-0.3, -0.25) is 0 Å². The molecule has 0 aliphatic heterocycles. The lowest BCUT2D eigenvalue weighted by Gasteiger charge is -2.10. The van der Waals surface area contributed by atoms with Crippen molar-refractivity contribution in [2.45, 2.75) is 18.9 Å². The predicted molar refractivity (Wildman–Crippen MR) is 74.5 cm³/mol. The summed E-state index contributed by atoms with van der Waals surface area (Å²) in [6, 6.07) is 12.9. The molecule has 0 unspecified atom stereocenters. The van der Waals surface area contributed by atoms with Crippen molar-refractivity contribution in [3.63, 3.8) is 0 Å². The first-order valence-electron chi connectivity index (χ1n) is 5.72. The second kappa shape index (κ2) is 6.01. The van der Waals surface area contributed by atoms with Gasteiger partial charge in [-0.1, -0.05) is 46.3 Å². The fourth-order valence-corrected chi connectivity index (χ4v) is 2.02. The van der Waals surface area contributed by atoms with E-state index in [0.29, 0.717) is 17.7 Å². The molecule has 2 aromatic rings. The third-order valence-corrected chi connectivity index (χ3v) is 3.44. The summed E-state index contributed by atoms with van der Waals surface area (Å²) in [5, 5.41) is 0.641. The quantitative estimate of drug-likeness (QED) is 0.750. The van der Waals surface area contributed by atoms with Gasteiger partial charge in [0.15, 0.2) is 11.6 Å². The first-order chi connectivity index (χ1) is 8.70. The highest BCUT2D eigenvalue weighted by Crippen LogP contribution is 2.21. The van der Waals surface area contributed by atoms with Gasteiger partial charge in [0.1, 0.15) is 6.61 Å². The Bertz CT molecular complexity index is 540. The maximum Gasteiger partial charge on any atom is 0.165 e. The molecule has 0 amide bonds. The first-order valence-corrected chi connectivity index (χ1v) is 6.84. The summed E-state index contributed by atoms with van der Waals surface area (Å²) in [6.07, 6.45) is 0. The Morgan fingerprint density at radius 1 is 1.17 bits per heavy atom. The molecule has 2 aromatic carbocycles. The van der Waals surface area contributed by atoms with Gasteiger partial charge in [0.05, 0.1) is 0 Å². The molecular formula is C15H14BrFO. The van der Waals surface area contributed by atoms with E-state index in [0.717, 1.165) is 16.7 Å². The first kappa shape index (κ1) is 13.1. The van der Waals surface area contributed by atoms with Crippen molar-refractivity contribution in [2.75, 3.05) is 0 Å². The summed E-state index contributed by atoms with van der Waals surface area (Å²) in [7, 11) is 0. The van der Waals surface area contributed by atoms with Gasteiger partial charge in [-0.2, -0.15) is 0 Å². The second-order valence-corrected chi connectivity index (χ2v) is 4.67. The average Bonchev–Trinajstić information content (AvgIpc) is 2.39. The number of ether oxygens (including phenoxy) is 1. The summed E-state index contributed by atoms with van der Waals surface area (Å²) in [6.45, 7) is 2.40. The minimum Gasteiger partial charge on any atom is -0.486 e. The minimum atomic E-state index is -0.319. The molecule has 0 spiro atoms. The van der Waals surface area contributed by atoms with Crippen LogP contribution in [0, 0.1) is 12.7 Å². The van der Waals surface area contributed by atoms with Crippen LogP contribution in [0.4, 0.5) is 4.39 Å². The maximum atomic E-state index is 13.7. The van der Waals surface area contributed by atoms with Crippen LogP contribution >= 0.6 is 15.9 Å². The Morgan fingerprint density at radius 3 is 2.61 bits per heavy atom. The van der Waals surface area contributed by atoms with Gasteiger partial charge in [0, 0.05) is 5.33 Å². The molecule has 0 saturated heterocycles. The van der Waals surface area contributed by atoms with E-state index < -0.39 is 0 Å². The summed E-state index contributed by atoms with van der Waals surface area (Å²) in [4.78, 5) is 0. The molecule has 0 N–H and O–H groups in total. The van der Waals surface area contributed by atoms with Gasteiger partial charge in [0.25, 0.3) is 0 Å². The Morgan fingerprint density at radius 2 is 1.94 bits per heavy atom. The lowest BCUT2D eigenvalue weighted by Crippen LogP contribution is -1.99. The average molecular weight is 309 g/mol. The molecule has 0 heterocycles. The molecule has 0 atom stereocenters. The number of halogens is 2. The summed E-state index contributed by atoms with van der Waals surface area (Å²) in [5.41, 5.74) is 3.12. The van der Waals surface area contributed by atoms with Crippen LogP contribution in [-0.2, 0) is 11.9 Å². The van der Waals surface area contributed by atoms with E-state index in [1.165, 1.54) is 6.07 Å². The fraction of sp³-hybridized carbons (Fsp3) is 0.200. The molecular weight excluding hydrogens is 295 g/mol. The normalized spacial score (nSPS) is 10.4. The molecule has 18 heavy (non-hydrogen) atoms. The smallest absolute Gasteiger partial charge is 0.165 e. The van der Waals surface area contributed by atoms with Crippen molar-refractivity contribution >= 4 is 15.9 Å². The van der Waals surface area contributed by atoms with E-state index >= 15 is 0 Å². The van der Waals surface area contributed by atoms with Crippen molar-refractivity contribution in [3.05, 3.63) is 65.0 Å². The van der Waals surface area contributed by atoms with E-state index in [9.17, 15) is 4.39 Å². The zero-order valence-electron chi connectivity index (χ0n) is 10.1. The minimum absolute atomic E-state index is 0.294. The highest BCUT2D eigenvalue weighted by Gasteiger charge is 2.05. The topological polar surface area (TPSA) is 9.23 Å². The lowest BCUT2D eigenvalue weighted by molar-refractivity contribution is 0.289. The van der Waals surface area contributed by atoms with E-state index in [4.69, 9.17) is 4.74 Å². The summed E-state index contributed by atoms with van der Waals surface area (Å²) < 4.78 is 19.2. The standard InChI is InChI=1S/C15H14BrFO/c1-11-4-2-3-5-13(11)10-18-15-7-6-12(9-16)8-14(15)17/h2-8H,9-10H2,1H3. The Balaban J connectivity index is 2.09. The van der Waals surface area contributed by atoms with Crippen molar-refractivity contribution in [1.29, 1.82) is 0 Å². The van der Waals surface area contributed by atoms with Gasteiger partial charge in [-0.15, -0.1) is 0 Å². The van der Waals surface area contributed by atoms with E-state index in [-0.39, 0.29) is 5.82 Å². The van der Waals surface area contributed by atoms with Crippen molar-refractivity contribution in [1.82, 2.24) is 0 Å². The van der Waals surface area contributed by atoms with Gasteiger partial charge >= 0.3 is 0 Å². The van der Waals surface area contributed by atoms with Gasteiger partial charge in [0.2, 0.25) is 0 Å². The highest BCUT2D eigenvalue weighted by molar-refractivity contribution is 9.08. The molecule has 0 aliphatic carbocycles. The maximum absolute atomic E-state index is 13.7. The molecule has 0 radical (unpaired) electrons. The fourth-order valence-electron chi connectivity index (χ4n) is 1.67. The van der Waals surface area contributed by atoms with Crippen LogP contribution < -0.4 is 4.74 Å². The molecule has 3 heteroatoms. The number of aryl methyl sites for hydroxylation is 1. The van der Waals surface area contributed by atoms with Crippen LogP contribution in [0.15, 0.2) is 42.5 Å². The lowest BCUT2D eigenvalue weighted by atomic mass is 10.1. The molecule has 0 bridgehead atoms. The molecule has 0 saturated carbocycles. The predicted octanol–water partition coefficient (Wildman–Crippen LogP) is 4.61. The van der Waals surface area contributed by atoms with E-state index in [1.54, 1.807) is 6.07 Å². The summed E-state index contributed by atoms with van der Waals surface area (Å²) in [5.74, 6) is -0.0245. The van der Waals surface area contributed by atoms with Crippen LogP contribution in [-0.4, -0.2) is 0 Å². The van der Waals surface area contributed by atoms with Crippen LogP contribution in [0.1, 0.15) is 16.7 Å². The van der Waals surface area contributed by atoms with E-state index in [1.807, 2.05) is 37.3 Å². The van der Waals surface area contributed by atoms with Crippen LogP contribution in [0.3, 0.4) is 0 Å². The summed E-state index contributed by atoms with van der Waals surface area (Å²) >= 11 is 3.29. The third-order valence-electron chi connectivity index (χ3n) is 2.80. The van der Waals surface area contributed by atoms with E-state index in [2.05, 4.69) is 15.9 Å². The van der Waals surface area contributed by atoms with Gasteiger partial charge in [-0.25, -0.2) is 4.39 Å². The molecule has 1 nitrogen and oxygen atoms in total. The van der Waals surface area contributed by atoms with Crippen molar-refractivity contribution in [3.8, 4) is 5.75 Å². The molecule has 0 aliphatic rings. The second-order valence-electron chi connectivity index (χ2n) is 4.11. The molecule has 0 fully saturated rings. The SMILES string of the molecule is Cc1ccccc1COc1ccc(CBr)cc1F. The van der Waals surface area contributed by atoms with Crippen LogP contribution in [0.5, 0.6) is 5.75 Å². The zero-order valence-corrected chi connectivity index (χ0v) is 11.7. The monoisotopic (exact) mass is 308 g/mol.